The van der Waals surface area contributed by atoms with E-state index in [1.165, 1.54) is 50.0 Å². The first-order chi connectivity index (χ1) is 14.8. The van der Waals surface area contributed by atoms with Crippen molar-refractivity contribution in [2.45, 2.75) is 6.92 Å². The van der Waals surface area contributed by atoms with Gasteiger partial charge in [-0.25, -0.2) is 0 Å². The van der Waals surface area contributed by atoms with Crippen LogP contribution in [0.5, 0.6) is 0 Å². The lowest BCUT2D eigenvalue weighted by atomic mass is 10.00. The van der Waals surface area contributed by atoms with Crippen LogP contribution in [0.15, 0.2) is 109 Å². The number of fused-ring (bicyclic) bond motifs is 3. The molecule has 1 nitrogen and oxygen atoms in total. The predicted octanol–water partition coefficient (Wildman–Crippen LogP) is 8.27. The molecule has 0 aromatic heterocycles. The fourth-order valence-corrected chi connectivity index (χ4v) is 4.69. The lowest BCUT2D eigenvalue weighted by Crippen LogP contribution is -2.10. The third kappa shape index (κ3) is 2.49. The summed E-state index contributed by atoms with van der Waals surface area (Å²) in [6.45, 7) is 2.13. The van der Waals surface area contributed by atoms with Crippen molar-refractivity contribution >= 4 is 27.8 Å². The molecule has 0 unspecified atom stereocenters. The molecule has 0 saturated heterocycles. The Hall–Kier alpha value is -3.84. The monoisotopic (exact) mass is 383 g/mol. The summed E-state index contributed by atoms with van der Waals surface area (Å²) in [4.78, 5) is 2.37. The molecule has 5 aromatic rings. The molecular weight excluding hydrogens is 362 g/mol. The Morgan fingerprint density at radius 1 is 0.467 bits per heavy atom. The third-order valence-electron chi connectivity index (χ3n) is 6.07. The van der Waals surface area contributed by atoms with Crippen molar-refractivity contribution in [3.63, 3.8) is 0 Å². The largest absolute Gasteiger partial charge is 0.310 e. The molecule has 0 bridgehead atoms. The molecular formula is C29H21N. The number of hydrogen-bond acceptors (Lipinski definition) is 1. The average Bonchev–Trinajstić information content (AvgIpc) is 3.13. The second-order valence-electron chi connectivity index (χ2n) is 7.91. The summed E-state index contributed by atoms with van der Waals surface area (Å²) in [5.41, 5.74) is 10.1. The standard InChI is InChI=1S/C29H21N/c1-20-14-16-22(17-15-20)30(21-8-3-2-4-9-21)28-19-18-26-24-11-6-5-10-23(24)25-12-7-13-27(28)29(25)26/h2-19H,1H3. The SMILES string of the molecule is Cc1ccc(N(c2ccccc2)c2ccc3c4c(cccc24)-c2ccccc2-3)cc1. The van der Waals surface area contributed by atoms with Crippen LogP contribution in [0.1, 0.15) is 5.56 Å². The minimum absolute atomic E-state index is 1.16. The number of para-hydroxylation sites is 1. The van der Waals surface area contributed by atoms with Crippen LogP contribution in [0.4, 0.5) is 17.1 Å². The highest BCUT2D eigenvalue weighted by Crippen LogP contribution is 2.50. The molecule has 0 radical (unpaired) electrons. The molecule has 6 rings (SSSR count). The molecule has 0 heterocycles. The minimum atomic E-state index is 1.16. The number of aryl methyl sites for hydroxylation is 1. The van der Waals surface area contributed by atoms with Crippen LogP contribution in [0.3, 0.4) is 0 Å². The van der Waals surface area contributed by atoms with E-state index in [0.29, 0.717) is 0 Å². The fraction of sp³-hybridized carbons (Fsp3) is 0.0345. The van der Waals surface area contributed by atoms with Crippen LogP contribution in [-0.2, 0) is 0 Å². The van der Waals surface area contributed by atoms with E-state index in [4.69, 9.17) is 0 Å². The van der Waals surface area contributed by atoms with Gasteiger partial charge in [-0.3, -0.25) is 0 Å². The highest BCUT2D eigenvalue weighted by Gasteiger charge is 2.24. The van der Waals surface area contributed by atoms with Crippen molar-refractivity contribution in [3.05, 3.63) is 115 Å². The van der Waals surface area contributed by atoms with Crippen LogP contribution < -0.4 is 4.90 Å². The molecule has 1 aliphatic carbocycles. The normalized spacial score (nSPS) is 11.5. The van der Waals surface area contributed by atoms with E-state index in [2.05, 4.69) is 121 Å². The molecule has 5 aromatic carbocycles. The summed E-state index contributed by atoms with van der Waals surface area (Å²) in [6.07, 6.45) is 0. The van der Waals surface area contributed by atoms with Crippen molar-refractivity contribution in [1.82, 2.24) is 0 Å². The van der Waals surface area contributed by atoms with E-state index < -0.39 is 0 Å². The fourth-order valence-electron chi connectivity index (χ4n) is 4.69. The first kappa shape index (κ1) is 17.1. The quantitative estimate of drug-likeness (QED) is 0.297. The summed E-state index contributed by atoms with van der Waals surface area (Å²) in [7, 11) is 0. The molecule has 30 heavy (non-hydrogen) atoms. The maximum absolute atomic E-state index is 2.37. The van der Waals surface area contributed by atoms with Gasteiger partial charge in [-0.15, -0.1) is 0 Å². The van der Waals surface area contributed by atoms with E-state index in [1.54, 1.807) is 0 Å². The van der Waals surface area contributed by atoms with Crippen LogP contribution in [0.25, 0.3) is 33.0 Å². The van der Waals surface area contributed by atoms with Crippen LogP contribution in [-0.4, -0.2) is 0 Å². The van der Waals surface area contributed by atoms with Gasteiger partial charge in [0.15, 0.2) is 0 Å². The van der Waals surface area contributed by atoms with Gasteiger partial charge < -0.3 is 4.90 Å². The first-order valence-electron chi connectivity index (χ1n) is 10.4. The first-order valence-corrected chi connectivity index (χ1v) is 10.4. The second-order valence-corrected chi connectivity index (χ2v) is 7.91. The van der Waals surface area contributed by atoms with Crippen LogP contribution in [0.2, 0.25) is 0 Å². The number of hydrogen-bond donors (Lipinski definition) is 0. The van der Waals surface area contributed by atoms with E-state index in [-0.39, 0.29) is 0 Å². The summed E-state index contributed by atoms with van der Waals surface area (Å²) < 4.78 is 0. The zero-order valence-electron chi connectivity index (χ0n) is 16.8. The topological polar surface area (TPSA) is 3.24 Å². The van der Waals surface area contributed by atoms with Gasteiger partial charge in [0.2, 0.25) is 0 Å². The summed E-state index contributed by atoms with van der Waals surface area (Å²) in [5.74, 6) is 0. The molecule has 0 spiro atoms. The van der Waals surface area contributed by atoms with E-state index in [9.17, 15) is 0 Å². The summed E-state index contributed by atoms with van der Waals surface area (Å²) in [6, 6.07) is 39.4. The number of anilines is 3. The zero-order valence-corrected chi connectivity index (χ0v) is 16.8. The Morgan fingerprint density at radius 3 is 1.80 bits per heavy atom. The molecule has 142 valence electrons. The van der Waals surface area contributed by atoms with Gasteiger partial charge in [-0.1, -0.05) is 84.4 Å². The molecule has 0 amide bonds. The summed E-state index contributed by atoms with van der Waals surface area (Å²) >= 11 is 0. The Kier molecular flexibility index (Phi) is 3.75. The Bertz CT molecular complexity index is 1350. The molecule has 0 atom stereocenters. The molecule has 0 N–H and O–H groups in total. The van der Waals surface area contributed by atoms with Crippen molar-refractivity contribution in [2.75, 3.05) is 4.90 Å². The Labute approximate surface area is 176 Å². The Morgan fingerprint density at radius 2 is 1.07 bits per heavy atom. The third-order valence-corrected chi connectivity index (χ3v) is 6.07. The van der Waals surface area contributed by atoms with Crippen molar-refractivity contribution in [2.24, 2.45) is 0 Å². The van der Waals surface area contributed by atoms with Gasteiger partial charge in [0, 0.05) is 16.8 Å². The van der Waals surface area contributed by atoms with Crippen LogP contribution >= 0.6 is 0 Å². The van der Waals surface area contributed by atoms with Gasteiger partial charge >= 0.3 is 0 Å². The molecule has 0 aliphatic heterocycles. The molecule has 0 fully saturated rings. The van der Waals surface area contributed by atoms with Crippen LogP contribution in [0, 0.1) is 6.92 Å². The smallest absolute Gasteiger partial charge is 0.0540 e. The van der Waals surface area contributed by atoms with E-state index >= 15 is 0 Å². The number of benzene rings is 5. The van der Waals surface area contributed by atoms with Gasteiger partial charge in [-0.05, 0) is 64.9 Å². The Balaban J connectivity index is 1.65. The number of rotatable bonds is 3. The molecule has 1 aliphatic rings. The van der Waals surface area contributed by atoms with Crippen molar-refractivity contribution in [1.29, 1.82) is 0 Å². The summed E-state index contributed by atoms with van der Waals surface area (Å²) in [5, 5.41) is 2.63. The van der Waals surface area contributed by atoms with Gasteiger partial charge in [0.1, 0.15) is 0 Å². The van der Waals surface area contributed by atoms with Gasteiger partial charge in [-0.2, -0.15) is 0 Å². The lowest BCUT2D eigenvalue weighted by Gasteiger charge is -2.27. The lowest BCUT2D eigenvalue weighted by molar-refractivity contribution is 1.29. The zero-order chi connectivity index (χ0) is 20.1. The van der Waals surface area contributed by atoms with Gasteiger partial charge in [0.25, 0.3) is 0 Å². The minimum Gasteiger partial charge on any atom is -0.310 e. The highest BCUT2D eigenvalue weighted by atomic mass is 15.1. The van der Waals surface area contributed by atoms with Gasteiger partial charge in [0.05, 0.1) is 5.69 Å². The molecule has 0 saturated carbocycles. The van der Waals surface area contributed by atoms with Crippen molar-refractivity contribution in [3.8, 4) is 22.3 Å². The predicted molar refractivity (Wildman–Crippen MR) is 128 cm³/mol. The van der Waals surface area contributed by atoms with E-state index in [1.807, 2.05) is 0 Å². The van der Waals surface area contributed by atoms with Crippen molar-refractivity contribution < 1.29 is 0 Å². The van der Waals surface area contributed by atoms with E-state index in [0.717, 1.165) is 5.69 Å². The second kappa shape index (κ2) is 6.60. The average molecular weight is 383 g/mol. The maximum Gasteiger partial charge on any atom is 0.0540 e. The highest BCUT2D eigenvalue weighted by molar-refractivity contribution is 6.19. The maximum atomic E-state index is 2.37. The number of nitrogens with zero attached hydrogens (tertiary/aromatic N) is 1. The molecule has 1 heteroatoms.